The van der Waals surface area contributed by atoms with E-state index < -0.39 is 5.54 Å². The maximum atomic E-state index is 14.4. The van der Waals surface area contributed by atoms with Gasteiger partial charge in [0.2, 0.25) is 6.08 Å². The van der Waals surface area contributed by atoms with Crippen molar-refractivity contribution in [3.05, 3.63) is 35.1 Å². The number of rotatable bonds is 5. The predicted molar refractivity (Wildman–Crippen MR) is 78.0 cm³/mol. The first kappa shape index (κ1) is 14.9. The molecule has 1 aromatic rings. The molecule has 0 heterocycles. The molecule has 0 N–H and O–H groups in total. The Labute approximate surface area is 120 Å². The molecule has 1 aliphatic carbocycles. The van der Waals surface area contributed by atoms with Crippen molar-refractivity contribution in [1.29, 1.82) is 0 Å². The predicted octanol–water partition coefficient (Wildman–Crippen LogP) is 4.83. The SMILES string of the molecule is CCC(CC)c1ccc(C2(N=C=O)CCCC2)cc1F. The van der Waals surface area contributed by atoms with Gasteiger partial charge < -0.3 is 0 Å². The second kappa shape index (κ2) is 6.32. The third kappa shape index (κ3) is 2.69. The van der Waals surface area contributed by atoms with Crippen LogP contribution in [0.2, 0.25) is 0 Å². The van der Waals surface area contributed by atoms with Crippen LogP contribution in [-0.4, -0.2) is 6.08 Å². The molecule has 2 rings (SSSR count). The lowest BCUT2D eigenvalue weighted by Gasteiger charge is -2.24. The molecule has 1 aliphatic rings. The highest BCUT2D eigenvalue weighted by Crippen LogP contribution is 2.43. The summed E-state index contributed by atoms with van der Waals surface area (Å²) in [5.74, 6) is 0.0988. The largest absolute Gasteiger partial charge is 0.235 e. The minimum atomic E-state index is -0.533. The standard InChI is InChI=1S/C17H22FNO/c1-3-13(4-2)15-8-7-14(11-16(15)18)17(19-12-20)9-5-6-10-17/h7-8,11,13H,3-6,9-10H2,1-2H3. The van der Waals surface area contributed by atoms with Crippen LogP contribution >= 0.6 is 0 Å². The van der Waals surface area contributed by atoms with Crippen molar-refractivity contribution in [2.45, 2.75) is 63.8 Å². The van der Waals surface area contributed by atoms with Crippen LogP contribution in [0.25, 0.3) is 0 Å². The van der Waals surface area contributed by atoms with Gasteiger partial charge in [0.1, 0.15) is 5.82 Å². The molecule has 0 unspecified atom stereocenters. The van der Waals surface area contributed by atoms with Crippen molar-refractivity contribution in [3.63, 3.8) is 0 Å². The molecule has 0 bridgehead atoms. The van der Waals surface area contributed by atoms with Crippen LogP contribution in [0.3, 0.4) is 0 Å². The molecule has 2 nitrogen and oxygen atoms in total. The van der Waals surface area contributed by atoms with E-state index in [1.165, 1.54) is 0 Å². The quantitative estimate of drug-likeness (QED) is 0.558. The zero-order chi connectivity index (χ0) is 14.6. The first-order valence-electron chi connectivity index (χ1n) is 7.55. The number of halogens is 1. The first-order valence-corrected chi connectivity index (χ1v) is 7.55. The highest BCUT2D eigenvalue weighted by molar-refractivity contribution is 5.40. The van der Waals surface area contributed by atoms with Gasteiger partial charge in [-0.1, -0.05) is 38.8 Å². The number of carbonyl (C=O) groups excluding carboxylic acids is 1. The number of isocyanates is 1. The van der Waals surface area contributed by atoms with Gasteiger partial charge in [0.25, 0.3) is 0 Å². The zero-order valence-corrected chi connectivity index (χ0v) is 12.3. The summed E-state index contributed by atoms with van der Waals surface area (Å²) in [5.41, 5.74) is 1.07. The normalized spacial score (nSPS) is 17.2. The summed E-state index contributed by atoms with van der Waals surface area (Å²) in [6.45, 7) is 4.16. The minimum absolute atomic E-state index is 0.163. The number of nitrogens with zero attached hydrogens (tertiary/aromatic N) is 1. The Balaban J connectivity index is 2.39. The van der Waals surface area contributed by atoms with Crippen molar-refractivity contribution < 1.29 is 9.18 Å². The maximum Gasteiger partial charge on any atom is 0.235 e. The molecule has 0 atom stereocenters. The molecule has 3 heteroatoms. The highest BCUT2D eigenvalue weighted by Gasteiger charge is 2.36. The van der Waals surface area contributed by atoms with E-state index in [9.17, 15) is 9.18 Å². The average Bonchev–Trinajstić information content (AvgIpc) is 2.92. The van der Waals surface area contributed by atoms with E-state index in [0.29, 0.717) is 0 Å². The number of hydrogen-bond acceptors (Lipinski definition) is 2. The van der Waals surface area contributed by atoms with E-state index >= 15 is 0 Å². The van der Waals surface area contributed by atoms with E-state index in [0.717, 1.165) is 49.7 Å². The smallest absolute Gasteiger partial charge is 0.211 e. The lowest BCUT2D eigenvalue weighted by molar-refractivity contribution is 0.450. The van der Waals surface area contributed by atoms with Gasteiger partial charge in [-0.3, -0.25) is 0 Å². The zero-order valence-electron chi connectivity index (χ0n) is 12.3. The molecule has 0 aromatic heterocycles. The third-order valence-corrected chi connectivity index (χ3v) is 4.65. The summed E-state index contributed by atoms with van der Waals surface area (Å²) < 4.78 is 14.4. The minimum Gasteiger partial charge on any atom is -0.211 e. The summed E-state index contributed by atoms with van der Waals surface area (Å²) in [7, 11) is 0. The van der Waals surface area contributed by atoms with Gasteiger partial charge in [-0.2, -0.15) is 4.99 Å². The van der Waals surface area contributed by atoms with Crippen LogP contribution in [0.4, 0.5) is 4.39 Å². The van der Waals surface area contributed by atoms with E-state index in [1.807, 2.05) is 12.1 Å². The molecule has 0 aliphatic heterocycles. The Morgan fingerprint density at radius 3 is 2.45 bits per heavy atom. The molecule has 1 aromatic carbocycles. The highest BCUT2D eigenvalue weighted by atomic mass is 19.1. The lowest BCUT2D eigenvalue weighted by atomic mass is 9.86. The van der Waals surface area contributed by atoms with E-state index in [-0.39, 0.29) is 11.7 Å². The molecule has 1 fully saturated rings. The molecule has 0 radical (unpaired) electrons. The van der Waals surface area contributed by atoms with Crippen LogP contribution in [0.15, 0.2) is 23.2 Å². The summed E-state index contributed by atoms with van der Waals surface area (Å²) >= 11 is 0. The summed E-state index contributed by atoms with van der Waals surface area (Å²) in [5, 5.41) is 0. The third-order valence-electron chi connectivity index (χ3n) is 4.65. The van der Waals surface area contributed by atoms with Gasteiger partial charge in [-0.15, -0.1) is 0 Å². The van der Waals surface area contributed by atoms with Gasteiger partial charge in [-0.05, 0) is 48.8 Å². The molecular weight excluding hydrogens is 253 g/mol. The van der Waals surface area contributed by atoms with Crippen molar-refractivity contribution in [1.82, 2.24) is 0 Å². The molecule has 0 amide bonds. The molecule has 0 spiro atoms. The topological polar surface area (TPSA) is 29.4 Å². The summed E-state index contributed by atoms with van der Waals surface area (Å²) in [6.07, 6.45) is 7.23. The van der Waals surface area contributed by atoms with Crippen LogP contribution in [-0.2, 0) is 10.3 Å². The molecule has 1 saturated carbocycles. The van der Waals surface area contributed by atoms with E-state index in [1.54, 1.807) is 12.1 Å². The first-order chi connectivity index (χ1) is 9.66. The monoisotopic (exact) mass is 275 g/mol. The number of hydrogen-bond donors (Lipinski definition) is 0. The second-order valence-corrected chi connectivity index (χ2v) is 5.69. The molecular formula is C17H22FNO. The van der Waals surface area contributed by atoms with E-state index in [4.69, 9.17) is 0 Å². The van der Waals surface area contributed by atoms with Crippen molar-refractivity contribution in [2.75, 3.05) is 0 Å². The van der Waals surface area contributed by atoms with Crippen LogP contribution in [0, 0.1) is 5.82 Å². The van der Waals surface area contributed by atoms with Gasteiger partial charge in [0.05, 0.1) is 5.54 Å². The van der Waals surface area contributed by atoms with Crippen molar-refractivity contribution in [3.8, 4) is 0 Å². The van der Waals surface area contributed by atoms with Crippen LogP contribution < -0.4 is 0 Å². The fourth-order valence-corrected chi connectivity index (χ4v) is 3.39. The van der Waals surface area contributed by atoms with Crippen LogP contribution in [0.5, 0.6) is 0 Å². The van der Waals surface area contributed by atoms with Crippen molar-refractivity contribution >= 4 is 6.08 Å². The average molecular weight is 275 g/mol. The summed E-state index contributed by atoms with van der Waals surface area (Å²) in [6, 6.07) is 5.41. The number of benzene rings is 1. The van der Waals surface area contributed by atoms with Gasteiger partial charge >= 0.3 is 0 Å². The molecule has 0 saturated heterocycles. The molecule has 108 valence electrons. The van der Waals surface area contributed by atoms with Gasteiger partial charge in [0.15, 0.2) is 0 Å². The van der Waals surface area contributed by atoms with Gasteiger partial charge in [0, 0.05) is 0 Å². The van der Waals surface area contributed by atoms with Gasteiger partial charge in [-0.25, -0.2) is 9.18 Å². The number of aliphatic imine (C=N–C) groups is 1. The lowest BCUT2D eigenvalue weighted by Crippen LogP contribution is -2.19. The molecule has 20 heavy (non-hydrogen) atoms. The second-order valence-electron chi connectivity index (χ2n) is 5.69. The summed E-state index contributed by atoms with van der Waals surface area (Å²) in [4.78, 5) is 14.7. The van der Waals surface area contributed by atoms with E-state index in [2.05, 4.69) is 18.8 Å². The fraction of sp³-hybridized carbons (Fsp3) is 0.588. The maximum absolute atomic E-state index is 14.4. The Morgan fingerprint density at radius 2 is 1.95 bits per heavy atom. The Morgan fingerprint density at radius 1 is 1.30 bits per heavy atom. The van der Waals surface area contributed by atoms with Crippen LogP contribution in [0.1, 0.15) is 69.4 Å². The Hall–Kier alpha value is -1.47. The Kier molecular flexibility index (Phi) is 4.72. The van der Waals surface area contributed by atoms with Crippen molar-refractivity contribution in [2.24, 2.45) is 4.99 Å². The Bertz CT molecular complexity index is 510. The fourth-order valence-electron chi connectivity index (χ4n) is 3.39.